The van der Waals surface area contributed by atoms with Gasteiger partial charge in [-0.25, -0.2) is 19.5 Å². The third-order valence-corrected chi connectivity index (χ3v) is 6.12. The van der Waals surface area contributed by atoms with Gasteiger partial charge in [0.15, 0.2) is 23.2 Å². The lowest BCUT2D eigenvalue weighted by Crippen LogP contribution is -2.38. The van der Waals surface area contributed by atoms with Gasteiger partial charge >= 0.3 is 6.80 Å². The maximum Gasteiger partial charge on any atom is 0.386 e. The molecule has 2 saturated heterocycles. The number of hydrogen-bond acceptors (Lipinski definition) is 10. The molecule has 3 aromatic rings. The summed E-state index contributed by atoms with van der Waals surface area (Å²) in [6.07, 6.45) is 0.683. The monoisotopic (exact) mass is 411 g/mol. The number of nitrogen functional groups attached to an aromatic ring is 1. The van der Waals surface area contributed by atoms with Crippen molar-refractivity contribution in [3.63, 3.8) is 0 Å². The Morgan fingerprint density at radius 2 is 2.26 bits per heavy atom. The lowest BCUT2D eigenvalue weighted by Gasteiger charge is -2.28. The molecule has 5 heterocycles. The second kappa shape index (κ2) is 6.03. The largest absolute Gasteiger partial charge is 0.472 e. The van der Waals surface area contributed by atoms with E-state index in [9.17, 15) is 9.67 Å². The highest BCUT2D eigenvalue weighted by atomic mass is 32.7. The minimum Gasteiger partial charge on any atom is -0.472 e. The summed E-state index contributed by atoms with van der Waals surface area (Å²) in [5, 5.41) is 10.8. The lowest BCUT2D eigenvalue weighted by molar-refractivity contribution is -0.0555. The number of aromatic nitrogens is 4. The Bertz CT molecular complexity index is 1060. The molecule has 0 amide bonds. The van der Waals surface area contributed by atoms with Crippen LogP contribution in [-0.2, 0) is 18.3 Å². The summed E-state index contributed by atoms with van der Waals surface area (Å²) < 4.78 is 35.1. The maximum atomic E-state index is 12.0. The minimum absolute atomic E-state index is 0.0240. The van der Waals surface area contributed by atoms with Crippen LogP contribution in [0.1, 0.15) is 6.23 Å². The van der Waals surface area contributed by atoms with E-state index in [1.165, 1.54) is 18.9 Å². The zero-order valence-electron chi connectivity index (χ0n) is 13.6. The summed E-state index contributed by atoms with van der Waals surface area (Å²) in [6, 6.07) is 1.71. The predicted octanol–water partition coefficient (Wildman–Crippen LogP) is 1.38. The number of fused-ring (bicyclic) bond motifs is 2. The Morgan fingerprint density at radius 1 is 1.41 bits per heavy atom. The van der Waals surface area contributed by atoms with Gasteiger partial charge in [0.2, 0.25) is 0 Å². The van der Waals surface area contributed by atoms with Gasteiger partial charge < -0.3 is 20.0 Å². The van der Waals surface area contributed by atoms with Gasteiger partial charge in [-0.05, 0) is 6.07 Å². The van der Waals surface area contributed by atoms with Gasteiger partial charge in [-0.3, -0.25) is 13.6 Å². The van der Waals surface area contributed by atoms with Crippen LogP contribution in [0.25, 0.3) is 22.6 Å². The molecule has 142 valence electrons. The van der Waals surface area contributed by atoms with Crippen LogP contribution in [0.5, 0.6) is 0 Å². The van der Waals surface area contributed by atoms with Gasteiger partial charge in [0.05, 0.1) is 18.4 Å². The van der Waals surface area contributed by atoms with E-state index < -0.39 is 31.3 Å². The van der Waals surface area contributed by atoms with Crippen LogP contribution in [0.3, 0.4) is 0 Å². The second-order valence-corrected chi connectivity index (χ2v) is 9.01. The van der Waals surface area contributed by atoms with Crippen molar-refractivity contribution in [2.45, 2.75) is 24.5 Å². The topological polar surface area (TPSA) is 148 Å². The highest BCUT2D eigenvalue weighted by Gasteiger charge is 2.52. The van der Waals surface area contributed by atoms with Crippen LogP contribution in [0.2, 0.25) is 0 Å². The van der Waals surface area contributed by atoms with Gasteiger partial charge in [-0.15, -0.1) is 0 Å². The number of furan rings is 1. The van der Waals surface area contributed by atoms with Crippen LogP contribution < -0.4 is 5.73 Å². The highest BCUT2D eigenvalue weighted by molar-refractivity contribution is 8.44. The molecule has 5 rings (SSSR count). The normalized spacial score (nSPS) is 33.4. The Hall–Kier alpha value is -1.95. The molecule has 2 aliphatic heterocycles. The molecule has 2 unspecified atom stereocenters. The molecule has 27 heavy (non-hydrogen) atoms. The van der Waals surface area contributed by atoms with Crippen molar-refractivity contribution in [1.29, 1.82) is 0 Å². The summed E-state index contributed by atoms with van der Waals surface area (Å²) in [6.45, 7) is -3.57. The zero-order valence-corrected chi connectivity index (χ0v) is 15.4. The van der Waals surface area contributed by atoms with Crippen molar-refractivity contribution in [1.82, 2.24) is 19.5 Å². The van der Waals surface area contributed by atoms with Gasteiger partial charge in [-0.2, -0.15) is 0 Å². The number of aliphatic hydroxyl groups excluding tert-OH is 1. The number of nitrogens with two attached hydrogens (primary N) is 1. The maximum absolute atomic E-state index is 12.0. The van der Waals surface area contributed by atoms with E-state index >= 15 is 0 Å². The third kappa shape index (κ3) is 2.68. The SMILES string of the molecule is Nc1ncnc2c1nc(-c1ccoc1)n2[C@@H]1OC2CO[P@@](=O)(S)OC2[C@@H]1O. The number of rotatable bonds is 2. The molecule has 0 radical (unpaired) electrons. The molecule has 3 aromatic heterocycles. The molecule has 0 spiro atoms. The van der Waals surface area contributed by atoms with E-state index in [4.69, 9.17) is 23.9 Å². The quantitative estimate of drug-likeness (QED) is 0.417. The first-order valence-corrected chi connectivity index (χ1v) is 10.6. The van der Waals surface area contributed by atoms with Crippen molar-refractivity contribution in [2.24, 2.45) is 0 Å². The van der Waals surface area contributed by atoms with Crippen molar-refractivity contribution in [2.75, 3.05) is 12.3 Å². The Balaban J connectivity index is 1.66. The van der Waals surface area contributed by atoms with Crippen molar-refractivity contribution >= 4 is 36.0 Å². The van der Waals surface area contributed by atoms with Crippen molar-refractivity contribution in [3.8, 4) is 11.4 Å². The van der Waals surface area contributed by atoms with E-state index in [0.29, 0.717) is 22.6 Å². The number of aliphatic hydroxyl groups is 1. The number of nitrogens with zero attached hydrogens (tertiary/aromatic N) is 4. The van der Waals surface area contributed by atoms with Crippen LogP contribution >= 0.6 is 19.0 Å². The van der Waals surface area contributed by atoms with Gasteiger partial charge in [0.25, 0.3) is 0 Å². The molecule has 11 nitrogen and oxygen atoms in total. The molecular formula is C14H14N5O6PS. The first-order chi connectivity index (χ1) is 12.9. The van der Waals surface area contributed by atoms with Crippen LogP contribution in [0.15, 0.2) is 29.3 Å². The third-order valence-electron chi connectivity index (χ3n) is 4.51. The molecule has 2 aliphatic rings. The first kappa shape index (κ1) is 17.2. The van der Waals surface area contributed by atoms with E-state index in [2.05, 4.69) is 27.2 Å². The summed E-state index contributed by atoms with van der Waals surface area (Å²) >= 11 is 3.86. The number of thiol groups is 1. The second-order valence-electron chi connectivity index (χ2n) is 6.14. The molecule has 5 atom stereocenters. The molecule has 2 fully saturated rings. The summed E-state index contributed by atoms with van der Waals surface area (Å²) in [5.41, 5.74) is 7.30. The molecule has 3 N–H and O–H groups in total. The Labute approximate surface area is 157 Å². The van der Waals surface area contributed by atoms with E-state index in [1.54, 1.807) is 10.6 Å². The average molecular weight is 411 g/mol. The number of imidazole rings is 1. The highest BCUT2D eigenvalue weighted by Crippen LogP contribution is 2.59. The lowest BCUT2D eigenvalue weighted by atomic mass is 10.1. The Kier molecular flexibility index (Phi) is 3.83. The van der Waals surface area contributed by atoms with Gasteiger partial charge in [-0.1, -0.05) is 12.2 Å². The summed E-state index contributed by atoms with van der Waals surface area (Å²) in [5.74, 6) is 0.608. The molecule has 0 bridgehead atoms. The smallest absolute Gasteiger partial charge is 0.386 e. The summed E-state index contributed by atoms with van der Waals surface area (Å²) in [7, 11) is 0. The molecular weight excluding hydrogens is 397 g/mol. The molecule has 0 aromatic carbocycles. The van der Waals surface area contributed by atoms with Crippen molar-refractivity contribution in [3.05, 3.63) is 24.9 Å². The van der Waals surface area contributed by atoms with Crippen LogP contribution in [0.4, 0.5) is 5.82 Å². The van der Waals surface area contributed by atoms with Crippen LogP contribution in [0, 0.1) is 0 Å². The zero-order chi connectivity index (χ0) is 18.8. The predicted molar refractivity (Wildman–Crippen MR) is 94.8 cm³/mol. The molecule has 0 saturated carbocycles. The number of hydrogen-bond donors (Lipinski definition) is 3. The van der Waals surface area contributed by atoms with E-state index in [1.807, 2.05) is 0 Å². The standard InChI is InChI=1S/C14H14N5O6PS/c15-11-8-13(17-5-16-11)19(12(18-8)6-1-2-22-3-6)14-9(20)10-7(24-14)4-23-26(21,27)25-10/h1-3,5,7,9-10,14,20H,4H2,(H,21,27)(H2,15,16,17)/t7?,9-,10?,14+,26+/m0/s1. The fourth-order valence-corrected chi connectivity index (χ4v) is 4.80. The van der Waals surface area contributed by atoms with E-state index in [0.717, 1.165) is 0 Å². The van der Waals surface area contributed by atoms with E-state index in [-0.39, 0.29) is 12.4 Å². The fraction of sp³-hybridized carbons (Fsp3) is 0.357. The molecule has 0 aliphatic carbocycles. The first-order valence-electron chi connectivity index (χ1n) is 7.95. The number of anilines is 1. The van der Waals surface area contributed by atoms with Crippen LogP contribution in [-0.4, -0.2) is 49.5 Å². The fourth-order valence-electron chi connectivity index (χ4n) is 3.31. The molecule has 13 heteroatoms. The van der Waals surface area contributed by atoms with Gasteiger partial charge in [0, 0.05) is 0 Å². The van der Waals surface area contributed by atoms with Crippen molar-refractivity contribution < 1.29 is 27.9 Å². The average Bonchev–Trinajstić information content (AvgIpc) is 3.33. The summed E-state index contributed by atoms with van der Waals surface area (Å²) in [4.78, 5) is 12.7. The Morgan fingerprint density at radius 3 is 3.04 bits per heavy atom. The number of ether oxygens (including phenoxy) is 1. The van der Waals surface area contributed by atoms with Gasteiger partial charge in [0.1, 0.15) is 36.7 Å². The minimum atomic E-state index is -3.54.